The monoisotopic (exact) mass is 367 g/mol. The van der Waals surface area contributed by atoms with Gasteiger partial charge in [-0.1, -0.05) is 24.3 Å². The standard InChI is InChI=1S/C23H29NO3/c1-17(27-22-11-5-9-19-8-3-4-10-21(19)22)23(25)24-16-6-7-18-12-14-20(26-2)15-13-18/h5,9,11-15,17H,3-4,6-8,10,16H2,1-2H3,(H,24,25)/t17-/m0/s1. The Kier molecular flexibility index (Phi) is 6.74. The summed E-state index contributed by atoms with van der Waals surface area (Å²) in [5.41, 5.74) is 3.89. The molecule has 0 spiro atoms. The van der Waals surface area contributed by atoms with Gasteiger partial charge in [0, 0.05) is 6.54 Å². The van der Waals surface area contributed by atoms with E-state index in [1.54, 1.807) is 7.11 Å². The second-order valence-electron chi connectivity index (χ2n) is 7.10. The van der Waals surface area contributed by atoms with Crippen LogP contribution in [0.5, 0.6) is 11.5 Å². The van der Waals surface area contributed by atoms with E-state index in [4.69, 9.17) is 9.47 Å². The van der Waals surface area contributed by atoms with Crippen LogP contribution in [0.2, 0.25) is 0 Å². The third-order valence-corrected chi connectivity index (χ3v) is 5.13. The van der Waals surface area contributed by atoms with Crippen LogP contribution < -0.4 is 14.8 Å². The van der Waals surface area contributed by atoms with Crippen molar-refractivity contribution in [3.63, 3.8) is 0 Å². The van der Waals surface area contributed by atoms with Crippen molar-refractivity contribution in [1.29, 1.82) is 0 Å². The number of ether oxygens (including phenoxy) is 2. The Morgan fingerprint density at radius 3 is 2.67 bits per heavy atom. The molecule has 3 rings (SSSR count). The number of aryl methyl sites for hydroxylation is 2. The number of carbonyl (C=O) groups excluding carboxylic acids is 1. The van der Waals surface area contributed by atoms with E-state index in [0.29, 0.717) is 6.54 Å². The Hall–Kier alpha value is -2.49. The highest BCUT2D eigenvalue weighted by atomic mass is 16.5. The molecule has 1 aliphatic carbocycles. The van der Waals surface area contributed by atoms with Gasteiger partial charge in [-0.2, -0.15) is 0 Å². The van der Waals surface area contributed by atoms with Gasteiger partial charge in [-0.15, -0.1) is 0 Å². The van der Waals surface area contributed by atoms with Crippen molar-refractivity contribution in [2.24, 2.45) is 0 Å². The van der Waals surface area contributed by atoms with Gasteiger partial charge in [0.15, 0.2) is 6.10 Å². The zero-order valence-corrected chi connectivity index (χ0v) is 16.3. The number of amides is 1. The molecule has 0 unspecified atom stereocenters. The average Bonchev–Trinajstić information content (AvgIpc) is 2.71. The highest BCUT2D eigenvalue weighted by Crippen LogP contribution is 2.30. The van der Waals surface area contributed by atoms with E-state index in [1.807, 2.05) is 31.2 Å². The Bertz CT molecular complexity index is 755. The van der Waals surface area contributed by atoms with E-state index < -0.39 is 6.10 Å². The summed E-state index contributed by atoms with van der Waals surface area (Å²) in [6, 6.07) is 14.2. The van der Waals surface area contributed by atoms with Crippen LogP contribution in [0.3, 0.4) is 0 Å². The van der Waals surface area contributed by atoms with Gasteiger partial charge in [-0.25, -0.2) is 0 Å². The van der Waals surface area contributed by atoms with Gasteiger partial charge in [-0.05, 0) is 80.3 Å². The van der Waals surface area contributed by atoms with Gasteiger partial charge in [0.25, 0.3) is 5.91 Å². The van der Waals surface area contributed by atoms with Crippen molar-refractivity contribution in [1.82, 2.24) is 5.32 Å². The van der Waals surface area contributed by atoms with Crippen LogP contribution in [0.25, 0.3) is 0 Å². The van der Waals surface area contributed by atoms with Crippen molar-refractivity contribution in [2.75, 3.05) is 13.7 Å². The summed E-state index contributed by atoms with van der Waals surface area (Å²) in [5, 5.41) is 2.99. The maximum Gasteiger partial charge on any atom is 0.260 e. The summed E-state index contributed by atoms with van der Waals surface area (Å²) in [4.78, 5) is 12.4. The molecule has 27 heavy (non-hydrogen) atoms. The van der Waals surface area contributed by atoms with Gasteiger partial charge in [0.05, 0.1) is 7.11 Å². The molecule has 0 radical (unpaired) electrons. The average molecular weight is 367 g/mol. The molecule has 0 saturated heterocycles. The molecule has 0 aliphatic heterocycles. The van der Waals surface area contributed by atoms with Crippen LogP contribution in [0, 0.1) is 0 Å². The lowest BCUT2D eigenvalue weighted by molar-refractivity contribution is -0.127. The van der Waals surface area contributed by atoms with Gasteiger partial charge in [0.1, 0.15) is 11.5 Å². The molecule has 144 valence electrons. The van der Waals surface area contributed by atoms with Crippen LogP contribution >= 0.6 is 0 Å². The van der Waals surface area contributed by atoms with Crippen LogP contribution in [0.4, 0.5) is 0 Å². The molecule has 1 atom stereocenters. The van der Waals surface area contributed by atoms with E-state index in [2.05, 4.69) is 23.5 Å². The molecular formula is C23H29NO3. The van der Waals surface area contributed by atoms with Crippen molar-refractivity contribution in [3.8, 4) is 11.5 Å². The van der Waals surface area contributed by atoms with Gasteiger partial charge in [-0.3, -0.25) is 4.79 Å². The molecule has 2 aromatic rings. The fourth-order valence-corrected chi connectivity index (χ4v) is 3.54. The van der Waals surface area contributed by atoms with E-state index >= 15 is 0 Å². The normalized spacial score (nSPS) is 14.1. The Balaban J connectivity index is 1.44. The first kappa shape index (κ1) is 19.3. The highest BCUT2D eigenvalue weighted by Gasteiger charge is 2.19. The summed E-state index contributed by atoms with van der Waals surface area (Å²) in [6.45, 7) is 2.46. The first-order valence-electron chi connectivity index (χ1n) is 9.85. The summed E-state index contributed by atoms with van der Waals surface area (Å²) in [5.74, 6) is 1.67. The van der Waals surface area contributed by atoms with Crippen molar-refractivity contribution >= 4 is 5.91 Å². The number of rotatable bonds is 8. The molecule has 0 heterocycles. The first-order chi connectivity index (χ1) is 13.2. The fraction of sp³-hybridized carbons (Fsp3) is 0.435. The van der Waals surface area contributed by atoms with Crippen LogP contribution in [-0.4, -0.2) is 25.7 Å². The number of fused-ring (bicyclic) bond motifs is 1. The molecule has 1 aliphatic rings. The number of methoxy groups -OCH3 is 1. The Morgan fingerprint density at radius 1 is 1.11 bits per heavy atom. The third kappa shape index (κ3) is 5.25. The zero-order valence-electron chi connectivity index (χ0n) is 16.3. The molecule has 1 amide bonds. The summed E-state index contributed by atoms with van der Waals surface area (Å²) >= 11 is 0. The summed E-state index contributed by atoms with van der Waals surface area (Å²) in [6.07, 6.45) is 5.91. The SMILES string of the molecule is COc1ccc(CCCNC(=O)[C@H](C)Oc2cccc3c2CCCC3)cc1. The second kappa shape index (κ2) is 9.45. The number of hydrogen-bond acceptors (Lipinski definition) is 3. The molecule has 2 aromatic carbocycles. The smallest absolute Gasteiger partial charge is 0.260 e. The molecule has 0 saturated carbocycles. The lowest BCUT2D eigenvalue weighted by Crippen LogP contribution is -2.37. The first-order valence-corrected chi connectivity index (χ1v) is 9.85. The van der Waals surface area contributed by atoms with E-state index in [1.165, 1.54) is 29.5 Å². The van der Waals surface area contributed by atoms with E-state index in [-0.39, 0.29) is 5.91 Å². The van der Waals surface area contributed by atoms with E-state index in [9.17, 15) is 4.79 Å². The lowest BCUT2D eigenvalue weighted by Gasteiger charge is -2.22. The lowest BCUT2D eigenvalue weighted by atomic mass is 9.91. The maximum atomic E-state index is 12.4. The molecule has 4 heteroatoms. The molecule has 1 N–H and O–H groups in total. The van der Waals surface area contributed by atoms with Crippen LogP contribution in [-0.2, 0) is 24.1 Å². The molecule has 0 aromatic heterocycles. The molecule has 0 fully saturated rings. The predicted octanol–water partition coefficient (Wildman–Crippen LogP) is 4.09. The largest absolute Gasteiger partial charge is 0.497 e. The van der Waals surface area contributed by atoms with Crippen molar-refractivity contribution in [2.45, 2.75) is 51.6 Å². The minimum atomic E-state index is -0.487. The Morgan fingerprint density at radius 2 is 1.89 bits per heavy atom. The number of carbonyl (C=O) groups is 1. The minimum absolute atomic E-state index is 0.0573. The van der Waals surface area contributed by atoms with Gasteiger partial charge >= 0.3 is 0 Å². The fourth-order valence-electron chi connectivity index (χ4n) is 3.54. The zero-order chi connectivity index (χ0) is 19.1. The minimum Gasteiger partial charge on any atom is -0.497 e. The summed E-state index contributed by atoms with van der Waals surface area (Å²) in [7, 11) is 1.67. The third-order valence-electron chi connectivity index (χ3n) is 5.13. The number of benzene rings is 2. The van der Waals surface area contributed by atoms with Crippen molar-refractivity contribution in [3.05, 3.63) is 59.2 Å². The number of nitrogens with one attached hydrogen (secondary N) is 1. The molecular weight excluding hydrogens is 338 g/mol. The second-order valence-corrected chi connectivity index (χ2v) is 7.10. The summed E-state index contributed by atoms with van der Waals surface area (Å²) < 4.78 is 11.2. The number of hydrogen-bond donors (Lipinski definition) is 1. The van der Waals surface area contributed by atoms with Crippen LogP contribution in [0.15, 0.2) is 42.5 Å². The van der Waals surface area contributed by atoms with E-state index in [0.717, 1.165) is 37.2 Å². The highest BCUT2D eigenvalue weighted by molar-refractivity contribution is 5.80. The quantitative estimate of drug-likeness (QED) is 0.715. The Labute approximate surface area is 161 Å². The van der Waals surface area contributed by atoms with Gasteiger partial charge < -0.3 is 14.8 Å². The predicted molar refractivity (Wildman–Crippen MR) is 107 cm³/mol. The molecule has 4 nitrogen and oxygen atoms in total. The maximum absolute atomic E-state index is 12.4. The topological polar surface area (TPSA) is 47.6 Å². The van der Waals surface area contributed by atoms with Crippen LogP contribution in [0.1, 0.15) is 42.9 Å². The van der Waals surface area contributed by atoms with Gasteiger partial charge in [0.2, 0.25) is 0 Å². The molecule has 0 bridgehead atoms. The van der Waals surface area contributed by atoms with Crippen molar-refractivity contribution < 1.29 is 14.3 Å².